The van der Waals surface area contributed by atoms with E-state index < -0.39 is 11.7 Å². The molecule has 0 atom stereocenters. The first-order valence-electron chi connectivity index (χ1n) is 6.91. The maximum absolute atomic E-state index is 12.6. The van der Waals surface area contributed by atoms with Gasteiger partial charge in [0.2, 0.25) is 0 Å². The molecule has 0 aliphatic carbocycles. The second-order valence-corrected chi connectivity index (χ2v) is 4.96. The van der Waals surface area contributed by atoms with Crippen molar-refractivity contribution in [1.29, 1.82) is 0 Å². The van der Waals surface area contributed by atoms with E-state index in [1.807, 2.05) is 0 Å². The highest BCUT2D eigenvalue weighted by Gasteiger charge is 2.30. The van der Waals surface area contributed by atoms with Crippen molar-refractivity contribution in [2.45, 2.75) is 19.1 Å². The van der Waals surface area contributed by atoms with Crippen LogP contribution < -0.4 is 11.1 Å². The fraction of sp³-hybridized carbons (Fsp3) is 0.400. The van der Waals surface area contributed by atoms with E-state index in [1.54, 1.807) is 6.07 Å². The molecule has 0 fully saturated rings. The van der Waals surface area contributed by atoms with Crippen LogP contribution in [0.15, 0.2) is 40.9 Å². The van der Waals surface area contributed by atoms with Gasteiger partial charge in [0.1, 0.15) is 0 Å². The topological polar surface area (TPSA) is 59.6 Å². The molecule has 3 N–H and O–H groups in total. The highest BCUT2D eigenvalue weighted by atomic mass is 127. The van der Waals surface area contributed by atoms with Crippen LogP contribution in [-0.2, 0) is 17.5 Å². The van der Waals surface area contributed by atoms with Gasteiger partial charge in [0.05, 0.1) is 25.3 Å². The number of nitrogens with zero attached hydrogens (tertiary/aromatic N) is 1. The number of rotatable bonds is 4. The van der Waals surface area contributed by atoms with Gasteiger partial charge in [0, 0.05) is 6.54 Å². The van der Waals surface area contributed by atoms with Crippen LogP contribution in [-0.4, -0.2) is 25.7 Å². The largest absolute Gasteiger partial charge is 0.416 e. The third kappa shape index (κ3) is 6.78. The molecule has 1 aliphatic heterocycles. The van der Waals surface area contributed by atoms with Crippen LogP contribution >= 0.6 is 24.0 Å². The zero-order chi connectivity index (χ0) is 16.0. The number of guanidine groups is 1. The van der Waals surface area contributed by atoms with E-state index in [9.17, 15) is 13.2 Å². The van der Waals surface area contributed by atoms with Crippen molar-refractivity contribution < 1.29 is 17.9 Å². The van der Waals surface area contributed by atoms with Crippen LogP contribution in [0, 0.1) is 0 Å². The summed E-state index contributed by atoms with van der Waals surface area (Å²) in [5.74, 6) is 0.198. The lowest BCUT2D eigenvalue weighted by atomic mass is 10.1. The number of nitrogens with one attached hydrogen (secondary N) is 1. The zero-order valence-corrected chi connectivity index (χ0v) is 14.7. The highest BCUT2D eigenvalue weighted by Crippen LogP contribution is 2.29. The van der Waals surface area contributed by atoms with Gasteiger partial charge in [-0.15, -0.1) is 24.0 Å². The minimum atomic E-state index is -4.35. The summed E-state index contributed by atoms with van der Waals surface area (Å²) in [6.45, 7) is 1.91. The second kappa shape index (κ2) is 9.11. The SMILES string of the molecule is I.NC(=NCc1cccc(C(F)(F)F)c1)NCC1=CCCOC1. The molecule has 1 aromatic carbocycles. The third-order valence-corrected chi connectivity index (χ3v) is 3.17. The third-order valence-electron chi connectivity index (χ3n) is 3.17. The molecule has 0 saturated carbocycles. The first-order valence-corrected chi connectivity index (χ1v) is 6.91. The van der Waals surface area contributed by atoms with Gasteiger partial charge in [-0.3, -0.25) is 0 Å². The van der Waals surface area contributed by atoms with E-state index in [1.165, 1.54) is 6.07 Å². The second-order valence-electron chi connectivity index (χ2n) is 4.96. The Labute approximate surface area is 150 Å². The van der Waals surface area contributed by atoms with Crippen LogP contribution in [0.3, 0.4) is 0 Å². The average molecular weight is 441 g/mol. The summed E-state index contributed by atoms with van der Waals surface area (Å²) >= 11 is 0. The van der Waals surface area contributed by atoms with Gasteiger partial charge >= 0.3 is 6.18 Å². The lowest BCUT2D eigenvalue weighted by molar-refractivity contribution is -0.137. The van der Waals surface area contributed by atoms with Gasteiger partial charge in [-0.2, -0.15) is 13.2 Å². The normalized spacial score (nSPS) is 15.6. The molecule has 1 heterocycles. The van der Waals surface area contributed by atoms with Crippen molar-refractivity contribution in [3.8, 4) is 0 Å². The molecule has 2 rings (SSSR count). The molecule has 0 aromatic heterocycles. The maximum atomic E-state index is 12.6. The molecule has 0 spiro atoms. The molecule has 0 unspecified atom stereocenters. The van der Waals surface area contributed by atoms with E-state index in [0.29, 0.717) is 18.7 Å². The minimum absolute atomic E-state index is 0. The zero-order valence-electron chi connectivity index (χ0n) is 12.4. The molecule has 128 valence electrons. The first-order chi connectivity index (χ1) is 10.4. The molecule has 23 heavy (non-hydrogen) atoms. The Kier molecular flexibility index (Phi) is 7.83. The molecule has 1 aliphatic rings. The summed E-state index contributed by atoms with van der Waals surface area (Å²) in [5, 5.41) is 2.92. The van der Waals surface area contributed by atoms with Crippen LogP contribution in [0.25, 0.3) is 0 Å². The number of hydrogen-bond donors (Lipinski definition) is 2. The molecular weight excluding hydrogens is 422 g/mol. The summed E-state index contributed by atoms with van der Waals surface area (Å²) in [7, 11) is 0. The highest BCUT2D eigenvalue weighted by molar-refractivity contribution is 14.0. The predicted octanol–water partition coefficient (Wildman–Crippen LogP) is 3.07. The molecule has 8 heteroatoms. The van der Waals surface area contributed by atoms with Gasteiger partial charge in [-0.05, 0) is 29.7 Å². The molecule has 0 radical (unpaired) electrons. The maximum Gasteiger partial charge on any atom is 0.416 e. The Morgan fingerprint density at radius 1 is 1.35 bits per heavy atom. The number of aliphatic imine (C=N–C) groups is 1. The van der Waals surface area contributed by atoms with Gasteiger partial charge in [0.25, 0.3) is 0 Å². The van der Waals surface area contributed by atoms with E-state index in [-0.39, 0.29) is 36.5 Å². The van der Waals surface area contributed by atoms with E-state index in [0.717, 1.165) is 30.7 Å². The Morgan fingerprint density at radius 2 is 2.13 bits per heavy atom. The number of nitrogens with two attached hydrogens (primary N) is 1. The fourth-order valence-corrected chi connectivity index (χ4v) is 2.01. The Balaban J connectivity index is 0.00000264. The lowest BCUT2D eigenvalue weighted by Gasteiger charge is -2.14. The van der Waals surface area contributed by atoms with Crippen molar-refractivity contribution in [2.24, 2.45) is 10.7 Å². The quantitative estimate of drug-likeness (QED) is 0.327. The summed E-state index contributed by atoms with van der Waals surface area (Å²) in [5.41, 5.74) is 6.57. The Bertz CT molecular complexity index is 573. The summed E-state index contributed by atoms with van der Waals surface area (Å²) in [6.07, 6.45) is -1.40. The van der Waals surface area contributed by atoms with Gasteiger partial charge < -0.3 is 15.8 Å². The van der Waals surface area contributed by atoms with Crippen molar-refractivity contribution >= 4 is 29.9 Å². The van der Waals surface area contributed by atoms with Crippen LogP contribution in [0.2, 0.25) is 0 Å². The van der Waals surface area contributed by atoms with Gasteiger partial charge in [-0.1, -0.05) is 18.2 Å². The molecule has 0 bridgehead atoms. The number of alkyl halides is 3. The monoisotopic (exact) mass is 441 g/mol. The van der Waals surface area contributed by atoms with Gasteiger partial charge in [-0.25, -0.2) is 4.99 Å². The fourth-order valence-electron chi connectivity index (χ4n) is 2.01. The smallest absolute Gasteiger partial charge is 0.377 e. The van der Waals surface area contributed by atoms with Crippen molar-refractivity contribution in [1.82, 2.24) is 5.32 Å². The molecular formula is C15H19F3IN3O. The first kappa shape index (κ1) is 19.8. The number of hydrogen-bond acceptors (Lipinski definition) is 2. The average Bonchev–Trinajstić information content (AvgIpc) is 2.51. The van der Waals surface area contributed by atoms with E-state index in [4.69, 9.17) is 10.5 Å². The van der Waals surface area contributed by atoms with Crippen molar-refractivity contribution in [2.75, 3.05) is 19.8 Å². The van der Waals surface area contributed by atoms with Crippen molar-refractivity contribution in [3.63, 3.8) is 0 Å². The molecule has 0 amide bonds. The van der Waals surface area contributed by atoms with Gasteiger partial charge in [0.15, 0.2) is 5.96 Å². The molecule has 1 aromatic rings. The number of benzene rings is 1. The van der Waals surface area contributed by atoms with Crippen molar-refractivity contribution in [3.05, 3.63) is 47.0 Å². The number of halogens is 4. The standard InChI is InChI=1S/C15H18F3N3O.HI/c16-15(17,18)13-5-1-3-11(7-13)8-20-14(19)21-9-12-4-2-6-22-10-12;/h1,3-5,7H,2,6,8-10H2,(H3,19,20,21);1H. The summed E-state index contributed by atoms with van der Waals surface area (Å²) in [4.78, 5) is 4.05. The van der Waals surface area contributed by atoms with Crippen LogP contribution in [0.4, 0.5) is 13.2 Å². The molecule has 0 saturated heterocycles. The van der Waals surface area contributed by atoms with Crippen LogP contribution in [0.1, 0.15) is 17.5 Å². The number of ether oxygens (including phenoxy) is 1. The Morgan fingerprint density at radius 3 is 2.78 bits per heavy atom. The minimum Gasteiger partial charge on any atom is -0.377 e. The lowest BCUT2D eigenvalue weighted by Crippen LogP contribution is -2.34. The Hall–Kier alpha value is -1.29. The summed E-state index contributed by atoms with van der Waals surface area (Å²) < 4.78 is 43.1. The summed E-state index contributed by atoms with van der Waals surface area (Å²) in [6, 6.07) is 5.06. The van der Waals surface area contributed by atoms with E-state index in [2.05, 4.69) is 16.4 Å². The van der Waals surface area contributed by atoms with E-state index >= 15 is 0 Å². The van der Waals surface area contributed by atoms with Crippen LogP contribution in [0.5, 0.6) is 0 Å². The molecule has 4 nitrogen and oxygen atoms in total. The predicted molar refractivity (Wildman–Crippen MR) is 93.7 cm³/mol.